The smallest absolute Gasteiger partial charge is 0.203 e. The number of anilines is 1. The molecule has 0 aliphatic carbocycles. The van der Waals surface area contributed by atoms with E-state index in [9.17, 15) is 0 Å². The van der Waals surface area contributed by atoms with Gasteiger partial charge in [-0.15, -0.1) is 0 Å². The zero-order valence-corrected chi connectivity index (χ0v) is 11.9. The highest BCUT2D eigenvalue weighted by molar-refractivity contribution is 6.30. The molecule has 2 rings (SSSR count). The van der Waals surface area contributed by atoms with Crippen molar-refractivity contribution in [3.05, 3.63) is 47.2 Å². The van der Waals surface area contributed by atoms with Crippen molar-refractivity contribution in [2.75, 3.05) is 19.0 Å². The van der Waals surface area contributed by atoms with E-state index < -0.39 is 0 Å². The molecule has 1 heterocycles. The normalized spacial score (nSPS) is 12.4. The third kappa shape index (κ3) is 3.72. The maximum atomic E-state index is 5.86. The number of nitrogens with zero attached hydrogens (tertiary/aromatic N) is 2. The monoisotopic (exact) mass is 279 g/mol. The molecule has 0 bridgehead atoms. The molecule has 1 unspecified atom stereocenters. The highest BCUT2D eigenvalue weighted by Gasteiger charge is 2.09. The third-order valence-corrected chi connectivity index (χ3v) is 3.17. The quantitative estimate of drug-likeness (QED) is 0.881. The molecular weight excluding hydrogens is 262 g/mol. The minimum Gasteiger partial charge on any atom is -0.383 e. The lowest BCUT2D eigenvalue weighted by Gasteiger charge is -2.16. The molecule has 1 aromatic carbocycles. The first-order valence-corrected chi connectivity index (χ1v) is 6.58. The van der Waals surface area contributed by atoms with Crippen LogP contribution in [0, 0.1) is 0 Å². The molecule has 2 aromatic rings. The number of ether oxygens (including phenoxy) is 1. The molecule has 0 spiro atoms. The largest absolute Gasteiger partial charge is 0.383 e. The first kappa shape index (κ1) is 13.9. The fourth-order valence-corrected chi connectivity index (χ4v) is 2.04. The summed E-state index contributed by atoms with van der Waals surface area (Å²) < 4.78 is 7.24. The summed E-state index contributed by atoms with van der Waals surface area (Å²) in [5.41, 5.74) is 1.17. The summed E-state index contributed by atoms with van der Waals surface area (Å²) in [6.45, 7) is 3.47. The summed E-state index contributed by atoms with van der Waals surface area (Å²) in [6, 6.07) is 8.03. The predicted octanol–water partition coefficient (Wildman–Crippen LogP) is 3.36. The third-order valence-electron chi connectivity index (χ3n) is 2.92. The summed E-state index contributed by atoms with van der Waals surface area (Å²) in [7, 11) is 1.70. The summed E-state index contributed by atoms with van der Waals surface area (Å²) in [5, 5.41) is 4.07. The number of hydrogen-bond acceptors (Lipinski definition) is 3. The zero-order chi connectivity index (χ0) is 13.7. The van der Waals surface area contributed by atoms with Crippen LogP contribution in [0.15, 0.2) is 36.7 Å². The number of hydrogen-bond donors (Lipinski definition) is 1. The summed E-state index contributed by atoms with van der Waals surface area (Å²) in [6.07, 6.45) is 3.74. The molecule has 1 N–H and O–H groups in total. The molecule has 0 radical (unpaired) electrons. The summed E-state index contributed by atoms with van der Waals surface area (Å²) in [4.78, 5) is 4.32. The Bertz CT molecular complexity index is 510. The van der Waals surface area contributed by atoms with Gasteiger partial charge in [-0.25, -0.2) is 4.98 Å². The Morgan fingerprint density at radius 3 is 2.79 bits per heavy atom. The summed E-state index contributed by atoms with van der Waals surface area (Å²) in [5.74, 6) is 0.847. The number of methoxy groups -OCH3 is 1. The molecule has 0 saturated heterocycles. The van der Waals surface area contributed by atoms with E-state index in [4.69, 9.17) is 16.3 Å². The fraction of sp³-hybridized carbons (Fsp3) is 0.357. The molecule has 0 aliphatic heterocycles. The van der Waals surface area contributed by atoms with Crippen LogP contribution >= 0.6 is 11.6 Å². The van der Waals surface area contributed by atoms with Crippen LogP contribution in [0.2, 0.25) is 5.02 Å². The molecule has 0 fully saturated rings. The summed E-state index contributed by atoms with van der Waals surface area (Å²) >= 11 is 5.86. The molecule has 4 nitrogen and oxygen atoms in total. The molecule has 1 atom stereocenters. The highest BCUT2D eigenvalue weighted by atomic mass is 35.5. The molecule has 0 amide bonds. The van der Waals surface area contributed by atoms with Crippen LogP contribution in [0.25, 0.3) is 0 Å². The lowest BCUT2D eigenvalue weighted by atomic mass is 10.2. The van der Waals surface area contributed by atoms with E-state index >= 15 is 0 Å². The van der Waals surface area contributed by atoms with Gasteiger partial charge in [-0.1, -0.05) is 23.7 Å². The molecular formula is C14H18ClN3O. The Hall–Kier alpha value is -1.52. The van der Waals surface area contributed by atoms with Crippen molar-refractivity contribution in [3.8, 4) is 0 Å². The van der Waals surface area contributed by atoms with Crippen molar-refractivity contribution >= 4 is 17.5 Å². The Morgan fingerprint density at radius 1 is 1.37 bits per heavy atom. The van der Waals surface area contributed by atoms with Crippen LogP contribution in [0.5, 0.6) is 0 Å². The highest BCUT2D eigenvalue weighted by Crippen LogP contribution is 2.15. The molecule has 102 valence electrons. The zero-order valence-electron chi connectivity index (χ0n) is 11.1. The van der Waals surface area contributed by atoms with Gasteiger partial charge in [0.2, 0.25) is 5.95 Å². The number of nitrogens with one attached hydrogen (secondary N) is 1. The molecule has 19 heavy (non-hydrogen) atoms. The Kier molecular flexibility index (Phi) is 4.82. The van der Waals surface area contributed by atoms with Gasteiger partial charge < -0.3 is 14.6 Å². The van der Waals surface area contributed by atoms with Gasteiger partial charge in [-0.3, -0.25) is 0 Å². The number of imidazole rings is 1. The molecule has 0 aliphatic rings. The predicted molar refractivity (Wildman–Crippen MR) is 77.6 cm³/mol. The van der Waals surface area contributed by atoms with E-state index in [1.54, 1.807) is 13.3 Å². The molecule has 1 aromatic heterocycles. The lowest BCUT2D eigenvalue weighted by molar-refractivity contribution is 0.163. The Balaban J connectivity index is 2.00. The van der Waals surface area contributed by atoms with Gasteiger partial charge >= 0.3 is 0 Å². The average Bonchev–Trinajstić information content (AvgIpc) is 2.87. The van der Waals surface area contributed by atoms with Crippen molar-refractivity contribution < 1.29 is 4.74 Å². The van der Waals surface area contributed by atoms with Gasteiger partial charge in [0.15, 0.2) is 0 Å². The van der Waals surface area contributed by atoms with E-state index in [0.29, 0.717) is 13.2 Å². The van der Waals surface area contributed by atoms with Crippen molar-refractivity contribution in [1.29, 1.82) is 0 Å². The van der Waals surface area contributed by atoms with Gasteiger partial charge in [0.05, 0.1) is 12.6 Å². The van der Waals surface area contributed by atoms with Crippen LogP contribution < -0.4 is 5.32 Å². The second-order valence-electron chi connectivity index (χ2n) is 4.44. The van der Waals surface area contributed by atoms with E-state index in [-0.39, 0.29) is 6.04 Å². The van der Waals surface area contributed by atoms with E-state index in [2.05, 4.69) is 21.8 Å². The maximum absolute atomic E-state index is 5.86. The van der Waals surface area contributed by atoms with Crippen LogP contribution in [-0.2, 0) is 11.3 Å². The van der Waals surface area contributed by atoms with Crippen molar-refractivity contribution in [2.45, 2.75) is 19.5 Å². The van der Waals surface area contributed by atoms with Gasteiger partial charge in [-0.2, -0.15) is 0 Å². The van der Waals surface area contributed by atoms with Gasteiger partial charge in [-0.05, 0) is 24.6 Å². The van der Waals surface area contributed by atoms with E-state index in [0.717, 1.165) is 11.0 Å². The van der Waals surface area contributed by atoms with Gasteiger partial charge in [0.25, 0.3) is 0 Å². The van der Waals surface area contributed by atoms with E-state index in [1.165, 1.54) is 5.56 Å². The molecule has 5 heteroatoms. The maximum Gasteiger partial charge on any atom is 0.203 e. The number of halogens is 1. The number of aromatic nitrogens is 2. The minimum absolute atomic E-state index is 0.250. The van der Waals surface area contributed by atoms with Gasteiger partial charge in [0, 0.05) is 31.1 Å². The van der Waals surface area contributed by atoms with Crippen LogP contribution in [0.1, 0.15) is 18.5 Å². The minimum atomic E-state index is 0.250. The first-order valence-electron chi connectivity index (χ1n) is 6.21. The second kappa shape index (κ2) is 6.59. The Morgan fingerprint density at radius 2 is 2.11 bits per heavy atom. The van der Waals surface area contributed by atoms with E-state index in [1.807, 2.05) is 30.5 Å². The van der Waals surface area contributed by atoms with Crippen LogP contribution in [0.4, 0.5) is 5.95 Å². The lowest BCUT2D eigenvalue weighted by Crippen LogP contribution is -2.14. The topological polar surface area (TPSA) is 39.1 Å². The number of rotatable bonds is 6. The standard InChI is InChI=1S/C14H18ClN3O/c1-11(10-19-2)18-8-7-16-14(18)17-9-12-3-5-13(15)6-4-12/h3-8,11H,9-10H2,1-2H3,(H,16,17). The van der Waals surface area contributed by atoms with Crippen molar-refractivity contribution in [1.82, 2.24) is 9.55 Å². The van der Waals surface area contributed by atoms with Crippen molar-refractivity contribution in [2.24, 2.45) is 0 Å². The average molecular weight is 280 g/mol. The number of benzene rings is 1. The van der Waals surface area contributed by atoms with Gasteiger partial charge in [0.1, 0.15) is 0 Å². The fourth-order valence-electron chi connectivity index (χ4n) is 1.91. The van der Waals surface area contributed by atoms with Crippen LogP contribution in [0.3, 0.4) is 0 Å². The SMILES string of the molecule is COCC(C)n1ccnc1NCc1ccc(Cl)cc1. The first-order chi connectivity index (χ1) is 9.20. The van der Waals surface area contributed by atoms with Crippen LogP contribution in [-0.4, -0.2) is 23.3 Å². The molecule has 0 saturated carbocycles. The Labute approximate surface area is 118 Å². The second-order valence-corrected chi connectivity index (χ2v) is 4.88. The van der Waals surface area contributed by atoms with Crippen molar-refractivity contribution in [3.63, 3.8) is 0 Å².